The molecular weight excluding hydrogens is 314 g/mol. The lowest BCUT2D eigenvalue weighted by Crippen LogP contribution is -2.56. The minimum Gasteiger partial charge on any atom is -0.333 e. The largest absolute Gasteiger partial charge is 0.333 e. The average molecular weight is 339 g/mol. The maximum atomic E-state index is 12.5. The molecule has 0 radical (unpaired) electrons. The number of piperazine rings is 1. The predicted octanol–water partition coefficient (Wildman–Crippen LogP) is 1.64. The van der Waals surface area contributed by atoms with E-state index in [1.807, 2.05) is 51.1 Å². The zero-order valence-electron chi connectivity index (χ0n) is 13.9. The van der Waals surface area contributed by atoms with Crippen molar-refractivity contribution in [3.05, 3.63) is 35.9 Å². The standard InChI is InChI=1S/C16H25N3O3S/c1-16(2,3)17-15(20)18-9-11-19(12-10-18)23(21,22)13-14-7-5-4-6-8-14/h4-8H,9-13H2,1-3H3,(H,17,20). The second-order valence-corrected chi connectivity index (χ2v) is 8.78. The van der Waals surface area contributed by atoms with Gasteiger partial charge in [0.05, 0.1) is 5.75 Å². The molecule has 2 rings (SSSR count). The highest BCUT2D eigenvalue weighted by Crippen LogP contribution is 2.14. The Morgan fingerprint density at radius 1 is 1.09 bits per heavy atom. The Kier molecular flexibility index (Phi) is 5.31. The van der Waals surface area contributed by atoms with Crippen molar-refractivity contribution in [2.75, 3.05) is 26.2 Å². The summed E-state index contributed by atoms with van der Waals surface area (Å²) < 4.78 is 26.4. The van der Waals surface area contributed by atoms with Crippen LogP contribution in [-0.2, 0) is 15.8 Å². The molecule has 0 atom stereocenters. The summed E-state index contributed by atoms with van der Waals surface area (Å²) in [7, 11) is -3.35. The van der Waals surface area contributed by atoms with Crippen molar-refractivity contribution < 1.29 is 13.2 Å². The van der Waals surface area contributed by atoms with Crippen LogP contribution in [0.15, 0.2) is 30.3 Å². The summed E-state index contributed by atoms with van der Waals surface area (Å²) in [5, 5.41) is 2.90. The van der Waals surface area contributed by atoms with Crippen LogP contribution in [0.25, 0.3) is 0 Å². The molecule has 128 valence electrons. The second-order valence-electron chi connectivity index (χ2n) is 6.81. The average Bonchev–Trinajstić information content (AvgIpc) is 2.46. The number of amides is 2. The van der Waals surface area contributed by atoms with Gasteiger partial charge >= 0.3 is 6.03 Å². The Morgan fingerprint density at radius 2 is 1.65 bits per heavy atom. The van der Waals surface area contributed by atoms with Gasteiger partial charge in [-0.05, 0) is 26.3 Å². The number of sulfonamides is 1. The Morgan fingerprint density at radius 3 is 2.17 bits per heavy atom. The summed E-state index contributed by atoms with van der Waals surface area (Å²) in [6, 6.07) is 9.01. The van der Waals surface area contributed by atoms with E-state index in [0.29, 0.717) is 26.2 Å². The molecule has 6 nitrogen and oxygen atoms in total. The Labute approximate surface area is 138 Å². The fourth-order valence-electron chi connectivity index (χ4n) is 2.45. The second kappa shape index (κ2) is 6.88. The Bertz CT molecular complexity index is 630. The van der Waals surface area contributed by atoms with Gasteiger partial charge in [0.25, 0.3) is 0 Å². The molecule has 0 aliphatic carbocycles. The number of benzene rings is 1. The minimum absolute atomic E-state index is 0.00201. The monoisotopic (exact) mass is 339 g/mol. The van der Waals surface area contributed by atoms with Crippen LogP contribution in [0.4, 0.5) is 4.79 Å². The Balaban J connectivity index is 1.92. The van der Waals surface area contributed by atoms with Gasteiger partial charge in [-0.25, -0.2) is 13.2 Å². The molecular formula is C16H25N3O3S. The van der Waals surface area contributed by atoms with Gasteiger partial charge in [-0.1, -0.05) is 30.3 Å². The van der Waals surface area contributed by atoms with E-state index in [1.165, 1.54) is 4.31 Å². The summed E-state index contributed by atoms with van der Waals surface area (Å²) in [6.07, 6.45) is 0. The van der Waals surface area contributed by atoms with Crippen LogP contribution in [0.2, 0.25) is 0 Å². The highest BCUT2D eigenvalue weighted by Gasteiger charge is 2.29. The van der Waals surface area contributed by atoms with Gasteiger partial charge in [0, 0.05) is 31.7 Å². The summed E-state index contributed by atoms with van der Waals surface area (Å²) in [5.74, 6) is 0.00201. The maximum absolute atomic E-state index is 12.5. The number of urea groups is 1. The minimum atomic E-state index is -3.35. The molecule has 0 bridgehead atoms. The molecule has 1 aliphatic heterocycles. The van der Waals surface area contributed by atoms with E-state index in [-0.39, 0.29) is 17.3 Å². The van der Waals surface area contributed by atoms with Gasteiger partial charge < -0.3 is 10.2 Å². The van der Waals surface area contributed by atoms with Crippen LogP contribution in [-0.4, -0.2) is 55.4 Å². The van der Waals surface area contributed by atoms with Gasteiger partial charge in [0.1, 0.15) is 0 Å². The molecule has 23 heavy (non-hydrogen) atoms. The van der Waals surface area contributed by atoms with Crippen molar-refractivity contribution >= 4 is 16.1 Å². The number of hydrogen-bond donors (Lipinski definition) is 1. The van der Waals surface area contributed by atoms with Crippen LogP contribution >= 0.6 is 0 Å². The molecule has 1 aliphatic rings. The zero-order chi connectivity index (χ0) is 17.1. The number of nitrogens with zero attached hydrogens (tertiary/aromatic N) is 2. The predicted molar refractivity (Wildman–Crippen MR) is 90.5 cm³/mol. The number of carbonyl (C=O) groups is 1. The third-order valence-electron chi connectivity index (χ3n) is 3.59. The fraction of sp³-hybridized carbons (Fsp3) is 0.562. The lowest BCUT2D eigenvalue weighted by Gasteiger charge is -2.35. The van der Waals surface area contributed by atoms with Crippen molar-refractivity contribution in [1.82, 2.24) is 14.5 Å². The summed E-state index contributed by atoms with van der Waals surface area (Å²) in [6.45, 7) is 7.27. The zero-order valence-corrected chi connectivity index (χ0v) is 14.8. The van der Waals surface area contributed by atoms with E-state index < -0.39 is 10.0 Å². The van der Waals surface area contributed by atoms with Crippen molar-refractivity contribution in [3.63, 3.8) is 0 Å². The van der Waals surface area contributed by atoms with Crippen LogP contribution in [0.1, 0.15) is 26.3 Å². The Hall–Kier alpha value is -1.60. The summed E-state index contributed by atoms with van der Waals surface area (Å²) in [4.78, 5) is 13.8. The first-order chi connectivity index (χ1) is 10.7. The SMILES string of the molecule is CC(C)(C)NC(=O)N1CCN(S(=O)(=O)Cc2ccccc2)CC1. The quantitative estimate of drug-likeness (QED) is 0.910. The highest BCUT2D eigenvalue weighted by molar-refractivity contribution is 7.88. The number of rotatable bonds is 3. The third-order valence-corrected chi connectivity index (χ3v) is 5.44. The lowest BCUT2D eigenvalue weighted by atomic mass is 10.1. The van der Waals surface area contributed by atoms with Gasteiger partial charge in [0.15, 0.2) is 0 Å². The molecule has 1 N–H and O–H groups in total. The molecule has 0 spiro atoms. The first-order valence-electron chi connectivity index (χ1n) is 7.76. The lowest BCUT2D eigenvalue weighted by molar-refractivity contribution is 0.165. The summed E-state index contributed by atoms with van der Waals surface area (Å²) >= 11 is 0. The normalized spacial score (nSPS) is 17.1. The van der Waals surface area contributed by atoms with Crippen molar-refractivity contribution in [3.8, 4) is 0 Å². The van der Waals surface area contributed by atoms with Gasteiger partial charge in [-0.3, -0.25) is 0 Å². The van der Waals surface area contributed by atoms with E-state index in [0.717, 1.165) is 5.56 Å². The van der Waals surface area contributed by atoms with E-state index >= 15 is 0 Å². The van der Waals surface area contributed by atoms with Crippen molar-refractivity contribution in [2.24, 2.45) is 0 Å². The molecule has 2 amide bonds. The molecule has 1 aromatic carbocycles. The van der Waals surface area contributed by atoms with Gasteiger partial charge in [-0.15, -0.1) is 0 Å². The first-order valence-corrected chi connectivity index (χ1v) is 9.37. The highest BCUT2D eigenvalue weighted by atomic mass is 32.2. The van der Waals surface area contributed by atoms with E-state index in [9.17, 15) is 13.2 Å². The van der Waals surface area contributed by atoms with Crippen LogP contribution < -0.4 is 5.32 Å². The molecule has 1 aromatic rings. The van der Waals surface area contributed by atoms with Crippen LogP contribution in [0.3, 0.4) is 0 Å². The van der Waals surface area contributed by atoms with Crippen LogP contribution in [0, 0.1) is 0 Å². The summed E-state index contributed by atoms with van der Waals surface area (Å²) in [5.41, 5.74) is 0.480. The van der Waals surface area contributed by atoms with Gasteiger partial charge in [-0.2, -0.15) is 4.31 Å². The fourth-order valence-corrected chi connectivity index (χ4v) is 3.96. The maximum Gasteiger partial charge on any atom is 0.317 e. The molecule has 1 heterocycles. The van der Waals surface area contributed by atoms with Crippen LogP contribution in [0.5, 0.6) is 0 Å². The van der Waals surface area contributed by atoms with E-state index in [4.69, 9.17) is 0 Å². The van der Waals surface area contributed by atoms with Crippen molar-refractivity contribution in [2.45, 2.75) is 32.1 Å². The molecule has 0 unspecified atom stereocenters. The van der Waals surface area contributed by atoms with Gasteiger partial charge in [0.2, 0.25) is 10.0 Å². The topological polar surface area (TPSA) is 69.7 Å². The molecule has 0 saturated carbocycles. The first kappa shape index (κ1) is 17.7. The number of nitrogens with one attached hydrogen (secondary N) is 1. The molecule has 1 saturated heterocycles. The molecule has 1 fully saturated rings. The van der Waals surface area contributed by atoms with Crippen molar-refractivity contribution in [1.29, 1.82) is 0 Å². The molecule has 7 heteroatoms. The van der Waals surface area contributed by atoms with E-state index in [2.05, 4.69) is 5.32 Å². The number of carbonyl (C=O) groups excluding carboxylic acids is 1. The van der Waals surface area contributed by atoms with E-state index in [1.54, 1.807) is 4.90 Å². The molecule has 0 aromatic heterocycles. The third kappa shape index (κ3) is 5.21. The smallest absolute Gasteiger partial charge is 0.317 e. The number of hydrogen-bond acceptors (Lipinski definition) is 3.